The Morgan fingerprint density at radius 3 is 1.53 bits per heavy atom. The number of rotatable bonds is 15. The second-order valence-corrected chi connectivity index (χ2v) is 11.9. The third-order valence-corrected chi connectivity index (χ3v) is 8.07. The Bertz CT molecular complexity index is 1070. The molecule has 8 heteroatoms. The van der Waals surface area contributed by atoms with E-state index in [-0.39, 0.29) is 11.8 Å². The molecule has 198 valence electrons. The lowest BCUT2D eigenvalue weighted by atomic mass is 10.2. The van der Waals surface area contributed by atoms with Gasteiger partial charge in [0.05, 0.1) is 4.90 Å². The molecule has 36 heavy (non-hydrogen) atoms. The van der Waals surface area contributed by atoms with Crippen molar-refractivity contribution in [2.75, 3.05) is 22.9 Å². The molecule has 0 heterocycles. The largest absolute Gasteiger partial charge is 0.397 e. The molecule has 0 saturated heterocycles. The van der Waals surface area contributed by atoms with E-state index in [0.717, 1.165) is 62.7 Å². The van der Waals surface area contributed by atoms with Gasteiger partial charge in [-0.05, 0) is 61.4 Å². The average Bonchev–Trinajstić information content (AvgIpc) is 2.84. The van der Waals surface area contributed by atoms with Crippen molar-refractivity contribution in [1.82, 2.24) is 0 Å². The van der Waals surface area contributed by atoms with Crippen molar-refractivity contribution in [3.8, 4) is 5.75 Å². The van der Waals surface area contributed by atoms with Crippen molar-refractivity contribution < 1.29 is 18.0 Å². The van der Waals surface area contributed by atoms with Gasteiger partial charge in [-0.15, -0.1) is 0 Å². The lowest BCUT2D eigenvalue weighted by Crippen LogP contribution is -2.29. The quantitative estimate of drug-likeness (QED) is 0.240. The molecular formula is C28H40N2O4S2. The lowest BCUT2D eigenvalue weighted by molar-refractivity contribution is -0.117. The molecule has 0 fully saturated rings. The van der Waals surface area contributed by atoms with Crippen LogP contribution in [0.2, 0.25) is 0 Å². The Labute approximate surface area is 221 Å². The van der Waals surface area contributed by atoms with Gasteiger partial charge in [-0.1, -0.05) is 52.4 Å². The first-order valence-electron chi connectivity index (χ1n) is 12.9. The zero-order valence-corrected chi connectivity index (χ0v) is 23.7. The van der Waals surface area contributed by atoms with E-state index in [1.54, 1.807) is 72.2 Å². The maximum absolute atomic E-state index is 13.2. The summed E-state index contributed by atoms with van der Waals surface area (Å²) in [5.74, 6) is 0.329. The van der Waals surface area contributed by atoms with Crippen LogP contribution in [0.5, 0.6) is 5.75 Å². The van der Waals surface area contributed by atoms with E-state index in [0.29, 0.717) is 23.7 Å². The monoisotopic (exact) mass is 532 g/mol. The van der Waals surface area contributed by atoms with Crippen LogP contribution in [0.4, 0.5) is 11.4 Å². The summed E-state index contributed by atoms with van der Waals surface area (Å²) in [5.41, 5.74) is 1.52. The summed E-state index contributed by atoms with van der Waals surface area (Å²) in [5, 5.41) is 0. The van der Waals surface area contributed by atoms with Crippen LogP contribution in [0, 0.1) is 0 Å². The highest BCUT2D eigenvalue weighted by atomic mass is 32.8. The van der Waals surface area contributed by atoms with Gasteiger partial charge in [0.15, 0.2) is 0 Å². The Morgan fingerprint density at radius 1 is 0.722 bits per heavy atom. The van der Waals surface area contributed by atoms with Crippen molar-refractivity contribution in [2.24, 2.45) is 0 Å². The van der Waals surface area contributed by atoms with Gasteiger partial charge in [0.25, 0.3) is 0 Å². The molecule has 1 atom stereocenters. The third kappa shape index (κ3) is 9.21. The van der Waals surface area contributed by atoms with E-state index in [9.17, 15) is 13.8 Å². The van der Waals surface area contributed by atoms with Crippen molar-refractivity contribution in [3.05, 3.63) is 48.5 Å². The van der Waals surface area contributed by atoms with Crippen LogP contribution in [-0.2, 0) is 29.6 Å². The minimum Gasteiger partial charge on any atom is -0.397 e. The molecule has 0 spiro atoms. The molecule has 0 aliphatic rings. The second kappa shape index (κ2) is 15.0. The molecule has 0 N–H and O–H groups in total. The van der Waals surface area contributed by atoms with Crippen LogP contribution in [0.15, 0.2) is 53.4 Å². The average molecular weight is 533 g/mol. The molecule has 6 nitrogen and oxygen atoms in total. The van der Waals surface area contributed by atoms with Crippen molar-refractivity contribution in [2.45, 2.75) is 84.0 Å². The van der Waals surface area contributed by atoms with E-state index in [1.807, 2.05) is 0 Å². The zero-order chi connectivity index (χ0) is 26.6. The summed E-state index contributed by atoms with van der Waals surface area (Å²) >= 11 is 5.32. The van der Waals surface area contributed by atoms with Crippen LogP contribution in [-0.4, -0.2) is 29.1 Å². The van der Waals surface area contributed by atoms with Crippen molar-refractivity contribution in [3.63, 3.8) is 0 Å². The normalized spacial score (nSPS) is 12.6. The summed E-state index contributed by atoms with van der Waals surface area (Å²) in [6, 6.07) is 13.8. The van der Waals surface area contributed by atoms with Crippen molar-refractivity contribution in [1.29, 1.82) is 0 Å². The van der Waals surface area contributed by atoms with Crippen LogP contribution < -0.4 is 14.0 Å². The zero-order valence-electron chi connectivity index (χ0n) is 22.0. The fraction of sp³-hybridized carbons (Fsp3) is 0.500. The number of hydrogen-bond donors (Lipinski definition) is 0. The molecule has 2 aromatic carbocycles. The Kier molecular flexibility index (Phi) is 12.4. The fourth-order valence-electron chi connectivity index (χ4n) is 3.98. The molecule has 0 bridgehead atoms. The molecule has 2 aromatic rings. The maximum atomic E-state index is 13.2. The van der Waals surface area contributed by atoms with Gasteiger partial charge in [0.2, 0.25) is 20.6 Å². The third-order valence-electron chi connectivity index (χ3n) is 6.02. The van der Waals surface area contributed by atoms with E-state index >= 15 is 0 Å². The number of hydrogen-bond acceptors (Lipinski definition) is 5. The first-order valence-corrected chi connectivity index (χ1v) is 15.3. The molecule has 0 aromatic heterocycles. The molecule has 1 unspecified atom stereocenters. The van der Waals surface area contributed by atoms with E-state index in [1.165, 1.54) is 0 Å². The fourth-order valence-corrected chi connectivity index (χ4v) is 5.48. The molecule has 2 rings (SSSR count). The van der Waals surface area contributed by atoms with Gasteiger partial charge in [-0.2, -0.15) is 0 Å². The van der Waals surface area contributed by atoms with Crippen LogP contribution in [0.25, 0.3) is 0 Å². The van der Waals surface area contributed by atoms with Gasteiger partial charge in [-0.3, -0.25) is 9.59 Å². The van der Waals surface area contributed by atoms with Gasteiger partial charge >= 0.3 is 0 Å². The van der Waals surface area contributed by atoms with Gasteiger partial charge < -0.3 is 14.0 Å². The summed E-state index contributed by atoms with van der Waals surface area (Å²) in [4.78, 5) is 28.1. The predicted octanol–water partition coefficient (Wildman–Crippen LogP) is 6.65. The smallest absolute Gasteiger partial charge is 0.223 e. The molecule has 0 aliphatic heterocycles. The Balaban J connectivity index is 2.07. The summed E-state index contributed by atoms with van der Waals surface area (Å²) in [6.45, 7) is 8.73. The number of anilines is 2. The van der Waals surface area contributed by atoms with E-state index < -0.39 is 8.77 Å². The highest BCUT2D eigenvalue weighted by Crippen LogP contribution is 2.25. The van der Waals surface area contributed by atoms with Crippen LogP contribution in [0.3, 0.4) is 0 Å². The highest BCUT2D eigenvalue weighted by Gasteiger charge is 2.17. The number of benzene rings is 2. The summed E-state index contributed by atoms with van der Waals surface area (Å²) < 4.78 is 18.9. The number of carbonyl (C=O) groups is 2. The first-order chi connectivity index (χ1) is 17.2. The van der Waals surface area contributed by atoms with Crippen LogP contribution >= 0.6 is 0 Å². The highest BCUT2D eigenvalue weighted by molar-refractivity contribution is 8.30. The predicted molar refractivity (Wildman–Crippen MR) is 152 cm³/mol. The minimum absolute atomic E-state index is 0.0164. The SMILES string of the molecule is CCCCCCN(C(C)=O)c1ccc(OS(=O)(=S)c2ccc(N(CCCCCC)C(C)=O)cc2)cc1. The number of unbranched alkanes of at least 4 members (excludes halogenated alkanes) is 6. The van der Waals surface area contributed by atoms with Crippen LogP contribution in [0.1, 0.15) is 79.1 Å². The van der Waals surface area contributed by atoms with Gasteiger partial charge in [0.1, 0.15) is 5.75 Å². The van der Waals surface area contributed by atoms with Gasteiger partial charge in [-0.25, -0.2) is 4.21 Å². The van der Waals surface area contributed by atoms with E-state index in [4.69, 9.17) is 15.4 Å². The molecule has 0 saturated carbocycles. The Morgan fingerprint density at radius 2 is 1.14 bits per heavy atom. The maximum Gasteiger partial charge on any atom is 0.223 e. The Hall–Kier alpha value is -2.45. The number of amides is 2. The minimum atomic E-state index is -3.22. The molecule has 2 amide bonds. The lowest BCUT2D eigenvalue weighted by Gasteiger charge is -2.22. The van der Waals surface area contributed by atoms with Gasteiger partial charge in [0, 0.05) is 49.5 Å². The van der Waals surface area contributed by atoms with E-state index in [2.05, 4.69) is 13.8 Å². The summed E-state index contributed by atoms with van der Waals surface area (Å²) in [7, 11) is -3.22. The molecular weight excluding hydrogens is 492 g/mol. The first kappa shape index (κ1) is 29.8. The summed E-state index contributed by atoms with van der Waals surface area (Å²) in [6.07, 6.45) is 8.62. The topological polar surface area (TPSA) is 66.9 Å². The number of nitrogens with zero attached hydrogens (tertiary/aromatic N) is 2. The standard InChI is InChI=1S/C28H40N2O4S2/c1-5-7-9-11-21-29(23(3)31)25-13-17-27(18-14-25)34-36(33,35)28-19-15-26(16-20-28)30(24(4)32)22-12-10-8-6-2/h13-20H,5-12,21-22H2,1-4H3. The van der Waals surface area contributed by atoms with Crippen molar-refractivity contribution >= 4 is 43.2 Å². The molecule has 0 radical (unpaired) electrons. The second-order valence-electron chi connectivity index (χ2n) is 8.99. The molecule has 0 aliphatic carbocycles. The number of carbonyl (C=O) groups excluding carboxylic acids is 2.